The third-order valence-electron chi connectivity index (χ3n) is 6.24. The van der Waals surface area contributed by atoms with Gasteiger partial charge < -0.3 is 14.4 Å². The molecule has 0 saturated carbocycles. The van der Waals surface area contributed by atoms with Crippen LogP contribution in [-0.2, 0) is 31.4 Å². The minimum Gasteiger partial charge on any atom is -0.478 e. The number of aromatic carboxylic acids is 1. The fraction of sp³-hybridized carbons (Fsp3) is 0.565. The second-order valence-electron chi connectivity index (χ2n) is 10.8. The van der Waals surface area contributed by atoms with Crippen LogP contribution in [0.15, 0.2) is 12.4 Å². The molecule has 3 aromatic heterocycles. The van der Waals surface area contributed by atoms with Crippen molar-refractivity contribution in [2.24, 2.45) is 12.5 Å². The molecule has 0 aliphatic heterocycles. The van der Waals surface area contributed by atoms with Crippen LogP contribution in [0.2, 0.25) is 25.7 Å². The van der Waals surface area contributed by atoms with Crippen LogP contribution in [0.4, 0.5) is 0 Å². The molecule has 0 unspecified atom stereocenters. The highest BCUT2D eigenvalue weighted by Gasteiger charge is 2.31. The summed E-state index contributed by atoms with van der Waals surface area (Å²) in [6.07, 6.45) is 6.26. The minimum atomic E-state index is -1.19. The van der Waals surface area contributed by atoms with Gasteiger partial charge in [0.2, 0.25) is 0 Å². The molecule has 1 N–H and O–H groups in total. The number of hydrogen-bond acceptors (Lipinski definition) is 5. The van der Waals surface area contributed by atoms with Crippen LogP contribution in [0.25, 0.3) is 22.6 Å². The minimum absolute atomic E-state index is 0.133. The maximum atomic E-state index is 11.9. The van der Waals surface area contributed by atoms with E-state index in [0.29, 0.717) is 23.5 Å². The Morgan fingerprint density at radius 3 is 2.75 bits per heavy atom. The molecule has 0 atom stereocenters. The van der Waals surface area contributed by atoms with Crippen LogP contribution < -0.4 is 0 Å². The van der Waals surface area contributed by atoms with Gasteiger partial charge in [0.25, 0.3) is 0 Å². The molecule has 0 spiro atoms. The van der Waals surface area contributed by atoms with Gasteiger partial charge in [0, 0.05) is 39.2 Å². The molecule has 0 bridgehead atoms. The highest BCUT2D eigenvalue weighted by atomic mass is 28.3. The summed E-state index contributed by atoms with van der Waals surface area (Å²) in [7, 11) is 0.774. The second kappa shape index (κ2) is 8.11. The summed E-state index contributed by atoms with van der Waals surface area (Å²) in [5.41, 5.74) is 5.13. The quantitative estimate of drug-likeness (QED) is 0.420. The van der Waals surface area contributed by atoms with Crippen LogP contribution >= 0.6 is 0 Å². The Bertz CT molecular complexity index is 1170. The number of ether oxygens (including phenoxy) is 1. The van der Waals surface area contributed by atoms with Gasteiger partial charge in [-0.3, -0.25) is 4.68 Å². The smallest absolute Gasteiger partial charge is 0.339 e. The predicted octanol–water partition coefficient (Wildman–Crippen LogP) is 4.36. The summed E-state index contributed by atoms with van der Waals surface area (Å²) in [4.78, 5) is 21.2. The van der Waals surface area contributed by atoms with Gasteiger partial charge in [0.15, 0.2) is 5.65 Å². The van der Waals surface area contributed by atoms with Crippen LogP contribution in [0.1, 0.15) is 41.9 Å². The molecule has 0 fully saturated rings. The topological polar surface area (TPSA) is 95.1 Å². The first-order chi connectivity index (χ1) is 15.0. The van der Waals surface area contributed by atoms with Gasteiger partial charge in [-0.05, 0) is 30.7 Å². The van der Waals surface area contributed by atoms with Crippen molar-refractivity contribution in [3.8, 4) is 11.4 Å². The zero-order chi connectivity index (χ0) is 23.3. The van der Waals surface area contributed by atoms with E-state index < -0.39 is 14.0 Å². The lowest BCUT2D eigenvalue weighted by molar-refractivity contribution is 0.0696. The third-order valence-corrected chi connectivity index (χ3v) is 7.94. The first-order valence-electron chi connectivity index (χ1n) is 11.2. The van der Waals surface area contributed by atoms with Crippen LogP contribution in [0.5, 0.6) is 0 Å². The average molecular weight is 456 g/mol. The van der Waals surface area contributed by atoms with E-state index in [2.05, 4.69) is 38.5 Å². The van der Waals surface area contributed by atoms with E-state index in [0.717, 1.165) is 31.0 Å². The highest BCUT2D eigenvalue weighted by molar-refractivity contribution is 6.76. The molecule has 172 valence electrons. The Morgan fingerprint density at radius 2 is 2.06 bits per heavy atom. The van der Waals surface area contributed by atoms with Crippen molar-refractivity contribution in [3.63, 3.8) is 0 Å². The van der Waals surface area contributed by atoms with Gasteiger partial charge in [0.05, 0.1) is 6.20 Å². The lowest BCUT2D eigenvalue weighted by Gasteiger charge is -2.29. The molecule has 0 aromatic carbocycles. The van der Waals surface area contributed by atoms with Crippen molar-refractivity contribution in [3.05, 3.63) is 29.2 Å². The number of carboxylic acids is 1. The lowest BCUT2D eigenvalue weighted by Crippen LogP contribution is -2.23. The molecule has 9 heteroatoms. The van der Waals surface area contributed by atoms with Crippen LogP contribution in [0.3, 0.4) is 0 Å². The molecular formula is C23H33N5O3Si. The molecule has 1 aliphatic carbocycles. The lowest BCUT2D eigenvalue weighted by atomic mass is 9.76. The Labute approximate surface area is 189 Å². The number of carboxylic acid groups (broad SMARTS) is 1. The Balaban J connectivity index is 1.68. The summed E-state index contributed by atoms with van der Waals surface area (Å²) in [6.45, 7) is 12.4. The summed E-state index contributed by atoms with van der Waals surface area (Å²) in [6, 6.07) is 1.05. The number of fused-ring (bicyclic) bond motifs is 2. The Hall–Kier alpha value is -2.52. The average Bonchev–Trinajstić information content (AvgIpc) is 3.21. The maximum absolute atomic E-state index is 11.9. The van der Waals surface area contributed by atoms with E-state index in [4.69, 9.17) is 14.8 Å². The molecule has 0 saturated heterocycles. The van der Waals surface area contributed by atoms with Crippen molar-refractivity contribution in [2.45, 2.75) is 65.5 Å². The number of hydrogen-bond donors (Lipinski definition) is 1. The molecular weight excluding hydrogens is 422 g/mol. The zero-order valence-corrected chi connectivity index (χ0v) is 20.9. The van der Waals surface area contributed by atoms with Gasteiger partial charge in [0.1, 0.15) is 29.2 Å². The van der Waals surface area contributed by atoms with Crippen molar-refractivity contribution >= 4 is 25.2 Å². The van der Waals surface area contributed by atoms with Gasteiger partial charge in [-0.2, -0.15) is 5.10 Å². The number of aromatic nitrogens is 5. The largest absolute Gasteiger partial charge is 0.478 e. The predicted molar refractivity (Wildman–Crippen MR) is 127 cm³/mol. The van der Waals surface area contributed by atoms with E-state index in [1.807, 2.05) is 11.7 Å². The number of nitrogens with zero attached hydrogens (tertiary/aromatic N) is 5. The van der Waals surface area contributed by atoms with E-state index in [9.17, 15) is 9.90 Å². The first kappa shape index (κ1) is 22.7. The number of aryl methyl sites for hydroxylation is 1. The van der Waals surface area contributed by atoms with E-state index >= 15 is 0 Å². The van der Waals surface area contributed by atoms with Crippen molar-refractivity contribution in [1.29, 1.82) is 0 Å². The first-order valence-corrected chi connectivity index (χ1v) is 14.9. The molecule has 8 nitrogen and oxygen atoms in total. The maximum Gasteiger partial charge on any atom is 0.339 e. The van der Waals surface area contributed by atoms with Crippen LogP contribution in [-0.4, -0.2) is 50.1 Å². The van der Waals surface area contributed by atoms with E-state index in [1.54, 1.807) is 17.0 Å². The van der Waals surface area contributed by atoms with Gasteiger partial charge in [-0.25, -0.2) is 14.8 Å². The summed E-state index contributed by atoms with van der Waals surface area (Å²) in [5.74, 6) is -1.02. The van der Waals surface area contributed by atoms with Crippen LogP contribution in [0, 0.1) is 5.41 Å². The Morgan fingerprint density at radius 1 is 1.31 bits per heavy atom. The van der Waals surface area contributed by atoms with E-state index in [-0.39, 0.29) is 17.7 Å². The fourth-order valence-electron chi connectivity index (χ4n) is 4.26. The fourth-order valence-corrected chi connectivity index (χ4v) is 5.02. The van der Waals surface area contributed by atoms with Gasteiger partial charge in [-0.15, -0.1) is 0 Å². The van der Waals surface area contributed by atoms with Crippen molar-refractivity contribution < 1.29 is 14.6 Å². The second-order valence-corrected chi connectivity index (χ2v) is 16.5. The van der Waals surface area contributed by atoms with Gasteiger partial charge in [-0.1, -0.05) is 33.5 Å². The molecule has 32 heavy (non-hydrogen) atoms. The number of rotatable bonds is 7. The molecule has 3 heterocycles. The normalized spacial score (nSPS) is 15.8. The molecule has 0 radical (unpaired) electrons. The number of carbonyl (C=O) groups is 1. The van der Waals surface area contributed by atoms with Gasteiger partial charge >= 0.3 is 5.97 Å². The van der Waals surface area contributed by atoms with E-state index in [1.165, 1.54) is 11.3 Å². The molecule has 4 rings (SSSR count). The Kier molecular flexibility index (Phi) is 5.75. The van der Waals surface area contributed by atoms with Crippen molar-refractivity contribution in [2.75, 3.05) is 6.61 Å². The summed E-state index contributed by atoms with van der Waals surface area (Å²) < 4.78 is 9.50. The third kappa shape index (κ3) is 4.49. The zero-order valence-electron chi connectivity index (χ0n) is 19.9. The molecule has 3 aromatic rings. The monoisotopic (exact) mass is 455 g/mol. The summed E-state index contributed by atoms with van der Waals surface area (Å²) in [5, 5.41) is 14.5. The molecule has 1 aliphatic rings. The van der Waals surface area contributed by atoms with Crippen molar-refractivity contribution in [1.82, 2.24) is 24.3 Å². The molecule has 0 amide bonds. The standard InChI is InChI=1S/C23H33N5O3Si/c1-23(2)8-7-15-18(11-23)27(3)26-19(15)17-12-24-21-20(25-17)16(22(29)30)13-28(21)14-31-9-10-32(4,5)6/h12-13H,7-11,14H2,1-6H3,(H,29,30). The highest BCUT2D eigenvalue weighted by Crippen LogP contribution is 2.38. The summed E-state index contributed by atoms with van der Waals surface area (Å²) >= 11 is 0. The SMILES string of the molecule is Cn1nc(-c2cnc3c(n2)c(C(=O)O)cn3COCC[Si](C)(C)C)c2c1CC(C)(C)CC2.